The van der Waals surface area contributed by atoms with Gasteiger partial charge >= 0.3 is 6.61 Å². The summed E-state index contributed by atoms with van der Waals surface area (Å²) < 4.78 is 28.5. The Balaban J connectivity index is 2.50. The number of benzene rings is 2. The van der Waals surface area contributed by atoms with Crippen LogP contribution in [0, 0.1) is 0 Å². The third-order valence-corrected chi connectivity index (χ3v) is 2.92. The summed E-state index contributed by atoms with van der Waals surface area (Å²) in [6, 6.07) is 10.8. The van der Waals surface area contributed by atoms with E-state index in [1.54, 1.807) is 18.2 Å². The van der Waals surface area contributed by atoms with E-state index in [9.17, 15) is 8.78 Å². The Bertz CT molecular complexity index is 499. The minimum Gasteiger partial charge on any atom is -0.435 e. The van der Waals surface area contributed by atoms with Gasteiger partial charge in [-0.15, -0.1) is 0 Å². The van der Waals surface area contributed by atoms with E-state index in [2.05, 4.69) is 20.7 Å². The van der Waals surface area contributed by atoms with Crippen molar-refractivity contribution in [1.29, 1.82) is 0 Å². The highest BCUT2D eigenvalue weighted by atomic mass is 79.9. The quantitative estimate of drug-likeness (QED) is 0.763. The highest BCUT2D eigenvalue weighted by molar-refractivity contribution is 9.08. The predicted octanol–water partition coefficient (Wildman–Crippen LogP) is 4.34. The molecular formula is C12H9BrF2O. The van der Waals surface area contributed by atoms with E-state index < -0.39 is 6.61 Å². The number of ether oxygens (including phenoxy) is 1. The SMILES string of the molecule is FC(F)Oc1ccc2cccc(CBr)c2c1. The van der Waals surface area contributed by atoms with Gasteiger partial charge in [-0.3, -0.25) is 0 Å². The summed E-state index contributed by atoms with van der Waals surface area (Å²) >= 11 is 3.37. The molecule has 2 aromatic rings. The largest absolute Gasteiger partial charge is 0.435 e. The molecule has 0 aliphatic heterocycles. The Morgan fingerprint density at radius 1 is 1.19 bits per heavy atom. The summed E-state index contributed by atoms with van der Waals surface area (Å²) in [6.45, 7) is -2.78. The topological polar surface area (TPSA) is 9.23 Å². The van der Waals surface area contributed by atoms with Crippen molar-refractivity contribution in [1.82, 2.24) is 0 Å². The fourth-order valence-corrected chi connectivity index (χ4v) is 2.10. The van der Waals surface area contributed by atoms with Crippen LogP contribution >= 0.6 is 15.9 Å². The number of hydrogen-bond acceptors (Lipinski definition) is 1. The van der Waals surface area contributed by atoms with Gasteiger partial charge in [0.15, 0.2) is 0 Å². The highest BCUT2D eigenvalue weighted by Gasteiger charge is 2.06. The maximum absolute atomic E-state index is 12.1. The van der Waals surface area contributed by atoms with Gasteiger partial charge < -0.3 is 4.74 Å². The lowest BCUT2D eigenvalue weighted by atomic mass is 10.1. The van der Waals surface area contributed by atoms with Gasteiger partial charge in [-0.2, -0.15) is 8.78 Å². The van der Waals surface area contributed by atoms with Crippen molar-refractivity contribution in [3.63, 3.8) is 0 Å². The summed E-state index contributed by atoms with van der Waals surface area (Å²) in [5, 5.41) is 2.62. The molecule has 0 fully saturated rings. The third-order valence-electron chi connectivity index (χ3n) is 2.31. The number of fused-ring (bicyclic) bond motifs is 1. The average molecular weight is 287 g/mol. The van der Waals surface area contributed by atoms with Crippen molar-refractivity contribution in [2.45, 2.75) is 11.9 Å². The Kier molecular flexibility index (Phi) is 3.39. The van der Waals surface area contributed by atoms with E-state index in [4.69, 9.17) is 0 Å². The van der Waals surface area contributed by atoms with Crippen LogP contribution in [0.25, 0.3) is 10.8 Å². The van der Waals surface area contributed by atoms with Crippen LogP contribution in [0.15, 0.2) is 36.4 Å². The Labute approximate surface area is 100 Å². The van der Waals surface area contributed by atoms with Gasteiger partial charge in [0.1, 0.15) is 5.75 Å². The van der Waals surface area contributed by atoms with Crippen LogP contribution in [0.3, 0.4) is 0 Å². The van der Waals surface area contributed by atoms with Crippen molar-refractivity contribution in [2.75, 3.05) is 0 Å². The molecule has 0 heterocycles. The Hall–Kier alpha value is -1.16. The molecule has 0 spiro atoms. The molecule has 84 valence electrons. The molecule has 4 heteroatoms. The normalized spacial score (nSPS) is 11.0. The fourth-order valence-electron chi connectivity index (χ4n) is 1.61. The first-order chi connectivity index (χ1) is 7.70. The zero-order valence-corrected chi connectivity index (χ0v) is 9.88. The summed E-state index contributed by atoms with van der Waals surface area (Å²) in [5.74, 6) is 0.191. The molecule has 0 atom stereocenters. The molecule has 0 amide bonds. The van der Waals surface area contributed by atoms with Crippen LogP contribution in [0.1, 0.15) is 5.56 Å². The zero-order chi connectivity index (χ0) is 11.5. The van der Waals surface area contributed by atoms with Gasteiger partial charge in [-0.25, -0.2) is 0 Å². The van der Waals surface area contributed by atoms with E-state index in [0.29, 0.717) is 5.33 Å². The summed E-state index contributed by atoms with van der Waals surface area (Å²) in [4.78, 5) is 0. The molecule has 0 N–H and O–H groups in total. The molecule has 0 aliphatic carbocycles. The van der Waals surface area contributed by atoms with Gasteiger partial charge in [0, 0.05) is 5.33 Å². The van der Waals surface area contributed by atoms with Crippen molar-refractivity contribution < 1.29 is 13.5 Å². The van der Waals surface area contributed by atoms with Crippen molar-refractivity contribution in [3.8, 4) is 5.75 Å². The first kappa shape index (κ1) is 11.3. The summed E-state index contributed by atoms with van der Waals surface area (Å²) in [5.41, 5.74) is 1.05. The second kappa shape index (κ2) is 4.78. The monoisotopic (exact) mass is 286 g/mol. The minimum absolute atomic E-state index is 0.191. The van der Waals surface area contributed by atoms with Crippen LogP contribution < -0.4 is 4.74 Å². The molecule has 1 nitrogen and oxygen atoms in total. The molecule has 2 rings (SSSR count). The van der Waals surface area contributed by atoms with E-state index >= 15 is 0 Å². The Morgan fingerprint density at radius 3 is 2.69 bits per heavy atom. The molecule has 2 aromatic carbocycles. The van der Waals surface area contributed by atoms with Crippen LogP contribution in [0.4, 0.5) is 8.78 Å². The predicted molar refractivity (Wildman–Crippen MR) is 63.2 cm³/mol. The highest BCUT2D eigenvalue weighted by Crippen LogP contribution is 2.26. The Morgan fingerprint density at radius 2 is 2.00 bits per heavy atom. The standard InChI is InChI=1S/C12H9BrF2O/c13-7-9-3-1-2-8-4-5-10(6-11(8)9)16-12(14)15/h1-6,12H,7H2. The van der Waals surface area contributed by atoms with E-state index in [1.165, 1.54) is 0 Å². The number of halogens is 3. The van der Waals surface area contributed by atoms with E-state index in [-0.39, 0.29) is 5.75 Å². The lowest BCUT2D eigenvalue weighted by molar-refractivity contribution is -0.0497. The fraction of sp³-hybridized carbons (Fsp3) is 0.167. The molecule has 0 aromatic heterocycles. The van der Waals surface area contributed by atoms with Crippen molar-refractivity contribution in [2.24, 2.45) is 0 Å². The molecule has 0 radical (unpaired) electrons. The number of rotatable bonds is 3. The molecule has 0 saturated heterocycles. The van der Waals surface area contributed by atoms with Crippen molar-refractivity contribution in [3.05, 3.63) is 42.0 Å². The minimum atomic E-state index is -2.78. The van der Waals surface area contributed by atoms with Crippen LogP contribution in [0.2, 0.25) is 0 Å². The first-order valence-corrected chi connectivity index (χ1v) is 5.85. The van der Waals surface area contributed by atoms with Crippen LogP contribution in [0.5, 0.6) is 5.75 Å². The maximum atomic E-state index is 12.1. The molecular weight excluding hydrogens is 278 g/mol. The van der Waals surface area contributed by atoms with E-state index in [1.807, 2.05) is 18.2 Å². The van der Waals surface area contributed by atoms with Crippen LogP contribution in [-0.2, 0) is 5.33 Å². The van der Waals surface area contributed by atoms with Gasteiger partial charge in [0.05, 0.1) is 0 Å². The van der Waals surface area contributed by atoms with Crippen molar-refractivity contribution >= 4 is 26.7 Å². The van der Waals surface area contributed by atoms with Crippen LogP contribution in [-0.4, -0.2) is 6.61 Å². The van der Waals surface area contributed by atoms with Gasteiger partial charge in [0.25, 0.3) is 0 Å². The maximum Gasteiger partial charge on any atom is 0.387 e. The molecule has 0 saturated carbocycles. The second-order valence-electron chi connectivity index (χ2n) is 3.31. The molecule has 0 unspecified atom stereocenters. The van der Waals surface area contributed by atoms with Gasteiger partial charge in [-0.1, -0.05) is 40.2 Å². The lowest BCUT2D eigenvalue weighted by Crippen LogP contribution is -2.01. The molecule has 0 bridgehead atoms. The molecule has 16 heavy (non-hydrogen) atoms. The smallest absolute Gasteiger partial charge is 0.387 e. The lowest BCUT2D eigenvalue weighted by Gasteiger charge is -2.07. The molecule has 0 aliphatic rings. The van der Waals surface area contributed by atoms with Gasteiger partial charge in [0.2, 0.25) is 0 Å². The number of hydrogen-bond donors (Lipinski definition) is 0. The average Bonchev–Trinajstić information content (AvgIpc) is 2.27. The third kappa shape index (κ3) is 2.32. The summed E-state index contributed by atoms with van der Waals surface area (Å²) in [7, 11) is 0. The second-order valence-corrected chi connectivity index (χ2v) is 3.87. The van der Waals surface area contributed by atoms with E-state index in [0.717, 1.165) is 16.3 Å². The first-order valence-electron chi connectivity index (χ1n) is 4.73. The zero-order valence-electron chi connectivity index (χ0n) is 8.29. The number of alkyl halides is 3. The van der Waals surface area contributed by atoms with Gasteiger partial charge in [-0.05, 0) is 28.5 Å². The summed E-state index contributed by atoms with van der Waals surface area (Å²) in [6.07, 6.45) is 0.